The van der Waals surface area contributed by atoms with Crippen LogP contribution in [0.4, 0.5) is 0 Å². The van der Waals surface area contributed by atoms with Gasteiger partial charge in [-0.05, 0) is 31.2 Å². The average Bonchev–Trinajstić information content (AvgIpc) is 3.29. The summed E-state index contributed by atoms with van der Waals surface area (Å²) in [5.41, 5.74) is 3.38. The molecule has 1 aromatic carbocycles. The van der Waals surface area contributed by atoms with E-state index in [-0.39, 0.29) is 0 Å². The number of aromatic nitrogens is 3. The molecule has 0 amide bonds. The first-order valence-corrected chi connectivity index (χ1v) is 8.86. The second-order valence-corrected chi connectivity index (χ2v) is 6.27. The van der Waals surface area contributed by atoms with Crippen LogP contribution < -0.4 is 5.32 Å². The van der Waals surface area contributed by atoms with E-state index in [2.05, 4.69) is 59.2 Å². The van der Waals surface area contributed by atoms with E-state index >= 15 is 0 Å². The average molecular weight is 350 g/mol. The second-order valence-electron chi connectivity index (χ2n) is 6.27. The molecule has 2 heterocycles. The Bertz CT molecular complexity index is 846. The first kappa shape index (κ1) is 17.8. The van der Waals surface area contributed by atoms with Gasteiger partial charge in [-0.1, -0.05) is 18.2 Å². The van der Waals surface area contributed by atoms with Gasteiger partial charge in [0, 0.05) is 44.3 Å². The Labute approximate surface area is 154 Å². The molecule has 0 aliphatic heterocycles. The fourth-order valence-corrected chi connectivity index (χ4v) is 2.78. The van der Waals surface area contributed by atoms with Crippen LogP contribution in [0.15, 0.2) is 66.0 Å². The predicted octanol–water partition coefficient (Wildman–Crippen LogP) is 2.81. The Morgan fingerprint density at radius 3 is 2.69 bits per heavy atom. The van der Waals surface area contributed by atoms with Gasteiger partial charge in [-0.15, -0.1) is 0 Å². The SMILES string of the molecule is CCNC(=NCc1cnn(-c2ccccc2)c1)N(C)Cc1cccn1C. The third-order valence-corrected chi connectivity index (χ3v) is 4.22. The van der Waals surface area contributed by atoms with E-state index in [9.17, 15) is 0 Å². The molecule has 0 spiro atoms. The Morgan fingerprint density at radius 1 is 1.19 bits per heavy atom. The third-order valence-electron chi connectivity index (χ3n) is 4.22. The van der Waals surface area contributed by atoms with E-state index < -0.39 is 0 Å². The minimum Gasteiger partial charge on any atom is -0.357 e. The molecule has 0 aliphatic rings. The number of nitrogens with one attached hydrogen (secondary N) is 1. The number of aliphatic imine (C=N–C) groups is 1. The summed E-state index contributed by atoms with van der Waals surface area (Å²) in [4.78, 5) is 6.91. The Hall–Kier alpha value is -3.02. The van der Waals surface area contributed by atoms with E-state index in [1.165, 1.54) is 5.69 Å². The van der Waals surface area contributed by atoms with Gasteiger partial charge in [-0.2, -0.15) is 5.10 Å². The van der Waals surface area contributed by atoms with Gasteiger partial charge in [-0.25, -0.2) is 9.67 Å². The quantitative estimate of drug-likeness (QED) is 0.549. The topological polar surface area (TPSA) is 50.4 Å². The lowest BCUT2D eigenvalue weighted by Gasteiger charge is -2.22. The number of aryl methyl sites for hydroxylation is 1. The van der Waals surface area contributed by atoms with Crippen LogP contribution in [-0.4, -0.2) is 38.8 Å². The van der Waals surface area contributed by atoms with Crippen molar-refractivity contribution in [1.29, 1.82) is 0 Å². The first-order chi connectivity index (χ1) is 12.7. The summed E-state index contributed by atoms with van der Waals surface area (Å²) in [6, 6.07) is 14.3. The van der Waals surface area contributed by atoms with Crippen molar-refractivity contribution in [3.8, 4) is 5.69 Å². The Balaban J connectivity index is 1.69. The number of para-hydroxylation sites is 1. The largest absolute Gasteiger partial charge is 0.357 e. The second kappa shape index (κ2) is 8.38. The summed E-state index contributed by atoms with van der Waals surface area (Å²) in [7, 11) is 4.12. The van der Waals surface area contributed by atoms with Crippen molar-refractivity contribution >= 4 is 5.96 Å². The summed E-state index contributed by atoms with van der Waals surface area (Å²) in [6.07, 6.45) is 5.96. The van der Waals surface area contributed by atoms with Crippen molar-refractivity contribution in [2.45, 2.75) is 20.0 Å². The zero-order chi connectivity index (χ0) is 18.4. The van der Waals surface area contributed by atoms with Gasteiger partial charge in [0.1, 0.15) is 0 Å². The van der Waals surface area contributed by atoms with Crippen molar-refractivity contribution in [2.24, 2.45) is 12.0 Å². The molecule has 0 fully saturated rings. The van der Waals surface area contributed by atoms with E-state index in [0.29, 0.717) is 6.54 Å². The Morgan fingerprint density at radius 2 is 2.00 bits per heavy atom. The summed E-state index contributed by atoms with van der Waals surface area (Å²) in [5.74, 6) is 0.890. The third kappa shape index (κ3) is 4.33. The van der Waals surface area contributed by atoms with Crippen molar-refractivity contribution in [3.63, 3.8) is 0 Å². The number of hydrogen-bond acceptors (Lipinski definition) is 2. The van der Waals surface area contributed by atoms with Crippen LogP contribution >= 0.6 is 0 Å². The lowest BCUT2D eigenvalue weighted by molar-refractivity contribution is 0.462. The van der Waals surface area contributed by atoms with Gasteiger partial charge in [0.05, 0.1) is 25.0 Å². The maximum atomic E-state index is 4.77. The fourth-order valence-electron chi connectivity index (χ4n) is 2.78. The molecule has 6 heteroatoms. The van der Waals surface area contributed by atoms with Crippen molar-refractivity contribution in [2.75, 3.05) is 13.6 Å². The van der Waals surface area contributed by atoms with Crippen LogP contribution in [0.5, 0.6) is 0 Å². The minimum absolute atomic E-state index is 0.590. The highest BCUT2D eigenvalue weighted by Crippen LogP contribution is 2.09. The molecule has 26 heavy (non-hydrogen) atoms. The van der Waals surface area contributed by atoms with Gasteiger partial charge < -0.3 is 14.8 Å². The van der Waals surface area contributed by atoms with Crippen molar-refractivity contribution < 1.29 is 0 Å². The molecule has 136 valence electrons. The highest BCUT2D eigenvalue weighted by atomic mass is 15.3. The summed E-state index contributed by atoms with van der Waals surface area (Å²) < 4.78 is 4.01. The van der Waals surface area contributed by atoms with Crippen LogP contribution in [0.25, 0.3) is 5.69 Å². The van der Waals surface area contributed by atoms with Crippen LogP contribution in [-0.2, 0) is 20.1 Å². The molecule has 0 radical (unpaired) electrons. The molecule has 1 N–H and O–H groups in total. The number of benzene rings is 1. The minimum atomic E-state index is 0.590. The predicted molar refractivity (Wildman–Crippen MR) is 105 cm³/mol. The molecule has 0 bridgehead atoms. The zero-order valence-electron chi connectivity index (χ0n) is 15.6. The molecule has 2 aromatic heterocycles. The van der Waals surface area contributed by atoms with Crippen LogP contribution in [0.1, 0.15) is 18.2 Å². The van der Waals surface area contributed by atoms with E-state index in [0.717, 1.165) is 30.3 Å². The molecular formula is C20H26N6. The highest BCUT2D eigenvalue weighted by molar-refractivity contribution is 5.79. The van der Waals surface area contributed by atoms with Gasteiger partial charge >= 0.3 is 0 Å². The monoisotopic (exact) mass is 350 g/mol. The first-order valence-electron chi connectivity index (χ1n) is 8.86. The van der Waals surface area contributed by atoms with Crippen LogP contribution in [0, 0.1) is 0 Å². The molecule has 6 nitrogen and oxygen atoms in total. The number of nitrogens with zero attached hydrogens (tertiary/aromatic N) is 5. The standard InChI is InChI=1S/C20H26N6/c1-4-21-20(25(3)16-19-11-8-12-24(19)2)22-13-17-14-23-26(15-17)18-9-6-5-7-10-18/h5-12,14-15H,4,13,16H2,1-3H3,(H,21,22). The Kier molecular flexibility index (Phi) is 5.73. The molecule has 0 aliphatic carbocycles. The van der Waals surface area contributed by atoms with E-state index in [1.807, 2.05) is 47.4 Å². The van der Waals surface area contributed by atoms with Gasteiger partial charge in [0.25, 0.3) is 0 Å². The molecule has 0 unspecified atom stereocenters. The fraction of sp³-hybridized carbons (Fsp3) is 0.300. The summed E-state index contributed by atoms with van der Waals surface area (Å²) >= 11 is 0. The van der Waals surface area contributed by atoms with E-state index in [4.69, 9.17) is 4.99 Å². The summed E-state index contributed by atoms with van der Waals surface area (Å²) in [5, 5.41) is 7.80. The van der Waals surface area contributed by atoms with Crippen LogP contribution in [0.2, 0.25) is 0 Å². The molecule has 3 rings (SSSR count). The van der Waals surface area contributed by atoms with Gasteiger partial charge in [-0.3, -0.25) is 0 Å². The summed E-state index contributed by atoms with van der Waals surface area (Å²) in [6.45, 7) is 4.31. The zero-order valence-corrected chi connectivity index (χ0v) is 15.6. The van der Waals surface area contributed by atoms with Gasteiger partial charge in [0.2, 0.25) is 0 Å². The normalized spacial score (nSPS) is 11.6. The highest BCUT2D eigenvalue weighted by Gasteiger charge is 2.09. The maximum absolute atomic E-state index is 4.77. The van der Waals surface area contributed by atoms with Gasteiger partial charge in [0.15, 0.2) is 5.96 Å². The van der Waals surface area contributed by atoms with Crippen molar-refractivity contribution in [1.82, 2.24) is 24.6 Å². The number of guanidine groups is 1. The molecule has 0 saturated carbocycles. The van der Waals surface area contributed by atoms with Crippen molar-refractivity contribution in [3.05, 3.63) is 72.3 Å². The molecule has 0 atom stereocenters. The number of hydrogen-bond donors (Lipinski definition) is 1. The lowest BCUT2D eigenvalue weighted by Crippen LogP contribution is -2.38. The lowest BCUT2D eigenvalue weighted by atomic mass is 10.3. The molecule has 0 saturated heterocycles. The molecule has 3 aromatic rings. The maximum Gasteiger partial charge on any atom is 0.194 e. The van der Waals surface area contributed by atoms with E-state index in [1.54, 1.807) is 0 Å². The van der Waals surface area contributed by atoms with Crippen LogP contribution in [0.3, 0.4) is 0 Å². The number of rotatable bonds is 6. The molecular weight excluding hydrogens is 324 g/mol. The smallest absolute Gasteiger partial charge is 0.194 e.